The molecule has 10 heteroatoms. The van der Waals surface area contributed by atoms with E-state index in [2.05, 4.69) is 10.6 Å². The Morgan fingerprint density at radius 3 is 2.30 bits per heavy atom. The summed E-state index contributed by atoms with van der Waals surface area (Å²) < 4.78 is 5.03. The number of benzene rings is 2. The van der Waals surface area contributed by atoms with Gasteiger partial charge in [0.05, 0.1) is 11.2 Å². The van der Waals surface area contributed by atoms with Crippen molar-refractivity contribution in [2.24, 2.45) is 0 Å². The number of rotatable bonds is 9. The van der Waals surface area contributed by atoms with E-state index in [4.69, 9.17) is 4.42 Å². The van der Waals surface area contributed by atoms with E-state index in [9.17, 15) is 29.6 Å². The molecule has 2 aromatic carbocycles. The quantitative estimate of drug-likeness (QED) is 0.258. The van der Waals surface area contributed by atoms with Crippen molar-refractivity contribution in [3.05, 3.63) is 106 Å². The van der Waals surface area contributed by atoms with Crippen molar-refractivity contribution in [3.8, 4) is 0 Å². The highest BCUT2D eigenvalue weighted by Gasteiger charge is 2.24. The molecule has 3 rings (SSSR count). The zero-order chi connectivity index (χ0) is 23.8. The summed E-state index contributed by atoms with van der Waals surface area (Å²) in [6.07, 6.45) is 2.59. The molecule has 0 bridgehead atoms. The van der Waals surface area contributed by atoms with Crippen LogP contribution in [0.1, 0.15) is 21.7 Å². The fourth-order valence-electron chi connectivity index (χ4n) is 2.89. The monoisotopic (exact) mass is 449 g/mol. The molecule has 1 aromatic heterocycles. The van der Waals surface area contributed by atoms with Gasteiger partial charge in [-0.25, -0.2) is 4.79 Å². The van der Waals surface area contributed by atoms with Crippen LogP contribution in [0.3, 0.4) is 0 Å². The fourth-order valence-corrected chi connectivity index (χ4v) is 2.89. The Labute approximate surface area is 187 Å². The first-order chi connectivity index (χ1) is 15.8. The van der Waals surface area contributed by atoms with E-state index in [-0.39, 0.29) is 23.6 Å². The summed E-state index contributed by atoms with van der Waals surface area (Å²) >= 11 is 0. The maximum Gasteiger partial charge on any atom is 0.326 e. The topological polar surface area (TPSA) is 152 Å². The number of carboxylic acids is 1. The SMILES string of the molecule is O=C(N[C@H](Cc1ccccc1)C(=O)O)/C(=C/c1ccc([N+](=O)[O-])cc1)NC(=O)c1ccco1. The Balaban J connectivity index is 1.86. The largest absolute Gasteiger partial charge is 0.480 e. The maximum absolute atomic E-state index is 12.9. The van der Waals surface area contributed by atoms with E-state index in [0.29, 0.717) is 11.1 Å². The van der Waals surface area contributed by atoms with Gasteiger partial charge in [0.1, 0.15) is 11.7 Å². The molecule has 33 heavy (non-hydrogen) atoms. The average molecular weight is 449 g/mol. The third kappa shape index (κ3) is 6.37. The van der Waals surface area contributed by atoms with Crippen LogP contribution in [0, 0.1) is 10.1 Å². The van der Waals surface area contributed by atoms with Gasteiger partial charge in [-0.1, -0.05) is 30.3 Å². The minimum Gasteiger partial charge on any atom is -0.480 e. The average Bonchev–Trinajstić information content (AvgIpc) is 3.34. The van der Waals surface area contributed by atoms with Crippen LogP contribution in [0.5, 0.6) is 0 Å². The van der Waals surface area contributed by atoms with Gasteiger partial charge in [-0.3, -0.25) is 19.7 Å². The molecule has 1 atom stereocenters. The van der Waals surface area contributed by atoms with Gasteiger partial charge in [0.2, 0.25) is 0 Å². The number of nitro benzene ring substituents is 1. The predicted molar refractivity (Wildman–Crippen MR) is 117 cm³/mol. The van der Waals surface area contributed by atoms with Crippen molar-refractivity contribution in [2.45, 2.75) is 12.5 Å². The number of furan rings is 1. The van der Waals surface area contributed by atoms with Crippen molar-refractivity contribution in [3.63, 3.8) is 0 Å². The summed E-state index contributed by atoms with van der Waals surface area (Å²) in [5.74, 6) is -2.88. The molecule has 168 valence electrons. The van der Waals surface area contributed by atoms with Crippen LogP contribution in [0.4, 0.5) is 5.69 Å². The van der Waals surface area contributed by atoms with Crippen molar-refractivity contribution in [2.75, 3.05) is 0 Å². The first kappa shape index (κ1) is 22.9. The molecular weight excluding hydrogens is 430 g/mol. The van der Waals surface area contributed by atoms with Crippen molar-refractivity contribution >= 4 is 29.5 Å². The van der Waals surface area contributed by atoms with E-state index in [0.717, 1.165) is 0 Å². The standard InChI is InChI=1S/C23H19N3O7/c27-21(25-19(23(29)30)14-15-5-2-1-3-6-15)18(24-22(28)20-7-4-12-33-20)13-16-8-10-17(11-9-16)26(31)32/h1-13,19H,14H2,(H,24,28)(H,25,27)(H,29,30)/b18-13-/t19-/m1/s1. The van der Waals surface area contributed by atoms with Gasteiger partial charge < -0.3 is 20.2 Å². The highest BCUT2D eigenvalue weighted by Crippen LogP contribution is 2.15. The van der Waals surface area contributed by atoms with E-state index >= 15 is 0 Å². The van der Waals surface area contributed by atoms with Crippen molar-refractivity contribution in [1.29, 1.82) is 0 Å². The summed E-state index contributed by atoms with van der Waals surface area (Å²) in [6.45, 7) is 0. The molecule has 3 aromatic rings. The number of carbonyl (C=O) groups is 3. The molecule has 0 aliphatic rings. The molecule has 10 nitrogen and oxygen atoms in total. The van der Waals surface area contributed by atoms with Crippen LogP contribution in [-0.2, 0) is 16.0 Å². The molecule has 0 saturated heterocycles. The predicted octanol–water partition coefficient (Wildman–Crippen LogP) is 2.77. The molecule has 0 aliphatic heterocycles. The van der Waals surface area contributed by atoms with Gasteiger partial charge in [0.25, 0.3) is 17.5 Å². The third-order valence-electron chi connectivity index (χ3n) is 4.54. The lowest BCUT2D eigenvalue weighted by molar-refractivity contribution is -0.384. The van der Waals surface area contributed by atoms with E-state index in [1.54, 1.807) is 30.3 Å². The van der Waals surface area contributed by atoms with E-state index in [1.165, 1.54) is 48.7 Å². The van der Waals surface area contributed by atoms with Crippen LogP contribution in [0.15, 0.2) is 83.1 Å². The zero-order valence-corrected chi connectivity index (χ0v) is 17.1. The summed E-state index contributed by atoms with van der Waals surface area (Å²) in [7, 11) is 0. The van der Waals surface area contributed by atoms with E-state index < -0.39 is 28.7 Å². The number of aliphatic carboxylic acids is 1. The number of nitrogens with one attached hydrogen (secondary N) is 2. The smallest absolute Gasteiger partial charge is 0.326 e. The van der Waals surface area contributed by atoms with Gasteiger partial charge in [-0.15, -0.1) is 0 Å². The molecule has 0 saturated carbocycles. The number of amides is 2. The highest BCUT2D eigenvalue weighted by atomic mass is 16.6. The molecule has 0 radical (unpaired) electrons. The second-order valence-corrected chi connectivity index (χ2v) is 6.89. The number of hydrogen-bond donors (Lipinski definition) is 3. The van der Waals surface area contributed by atoms with Crippen LogP contribution in [0.25, 0.3) is 6.08 Å². The van der Waals surface area contributed by atoms with Gasteiger partial charge in [-0.05, 0) is 41.5 Å². The van der Waals surface area contributed by atoms with E-state index in [1.807, 2.05) is 0 Å². The number of nitro groups is 1. The second-order valence-electron chi connectivity index (χ2n) is 6.89. The fraction of sp³-hybridized carbons (Fsp3) is 0.0870. The van der Waals surface area contributed by atoms with Crippen LogP contribution in [-0.4, -0.2) is 33.9 Å². The van der Waals surface area contributed by atoms with Gasteiger partial charge in [0, 0.05) is 18.6 Å². The molecule has 0 fully saturated rings. The van der Waals surface area contributed by atoms with Crippen LogP contribution in [0.2, 0.25) is 0 Å². The second kappa shape index (κ2) is 10.5. The molecule has 0 aliphatic carbocycles. The summed E-state index contributed by atoms with van der Waals surface area (Å²) in [4.78, 5) is 47.4. The minimum atomic E-state index is -1.26. The van der Waals surface area contributed by atoms with Crippen molar-refractivity contribution < 1.29 is 28.8 Å². The molecule has 0 unspecified atom stereocenters. The maximum atomic E-state index is 12.9. The Hall–Kier alpha value is -4.73. The summed E-state index contributed by atoms with van der Waals surface area (Å²) in [5.41, 5.74) is 0.669. The van der Waals surface area contributed by atoms with Gasteiger partial charge in [-0.2, -0.15) is 0 Å². The lowest BCUT2D eigenvalue weighted by atomic mass is 10.1. The highest BCUT2D eigenvalue weighted by molar-refractivity contribution is 6.05. The molecule has 2 amide bonds. The van der Waals surface area contributed by atoms with Gasteiger partial charge >= 0.3 is 5.97 Å². The first-order valence-electron chi connectivity index (χ1n) is 9.72. The Morgan fingerprint density at radius 1 is 1.03 bits per heavy atom. The van der Waals surface area contributed by atoms with Crippen LogP contribution < -0.4 is 10.6 Å². The lowest BCUT2D eigenvalue weighted by Gasteiger charge is -2.16. The van der Waals surface area contributed by atoms with Gasteiger partial charge in [0.15, 0.2) is 5.76 Å². The lowest BCUT2D eigenvalue weighted by Crippen LogP contribution is -2.45. The first-order valence-corrected chi connectivity index (χ1v) is 9.72. The number of carbonyl (C=O) groups excluding carboxylic acids is 2. The number of nitrogens with zero attached hydrogens (tertiary/aromatic N) is 1. The Morgan fingerprint density at radius 2 is 1.73 bits per heavy atom. The summed E-state index contributed by atoms with van der Waals surface area (Å²) in [6, 6.07) is 15.6. The minimum absolute atomic E-state index is 0.0266. The normalized spacial score (nSPS) is 11.9. The molecular formula is C23H19N3O7. The summed E-state index contributed by atoms with van der Waals surface area (Å²) in [5, 5.41) is 25.2. The Bertz CT molecular complexity index is 1170. The van der Waals surface area contributed by atoms with Crippen molar-refractivity contribution in [1.82, 2.24) is 10.6 Å². The zero-order valence-electron chi connectivity index (χ0n) is 17.1. The third-order valence-corrected chi connectivity index (χ3v) is 4.54. The number of non-ortho nitro benzene ring substituents is 1. The molecule has 1 heterocycles. The number of carboxylic acid groups (broad SMARTS) is 1. The van der Waals surface area contributed by atoms with Crippen LogP contribution >= 0.6 is 0 Å². The number of hydrogen-bond acceptors (Lipinski definition) is 6. The molecule has 0 spiro atoms. The Kier molecular flexibility index (Phi) is 7.32. The molecule has 3 N–H and O–H groups in total.